The van der Waals surface area contributed by atoms with Gasteiger partial charge in [-0.15, -0.1) is 0 Å². The van der Waals surface area contributed by atoms with Crippen molar-refractivity contribution in [1.29, 1.82) is 0 Å². The number of hydrogen-bond donors (Lipinski definition) is 0. The van der Waals surface area contributed by atoms with Crippen molar-refractivity contribution >= 4 is 27.6 Å². The highest BCUT2D eigenvalue weighted by atomic mass is 32.2. The monoisotopic (exact) mass is 557 g/mol. The quantitative estimate of drug-likeness (QED) is 0.435. The molecule has 1 atom stereocenters. The highest BCUT2D eigenvalue weighted by Gasteiger charge is 2.51. The summed E-state index contributed by atoms with van der Waals surface area (Å²) in [5.41, 5.74) is -1.49. The maximum atomic E-state index is 16.4. The maximum Gasteiger partial charge on any atom is 0.327 e. The predicted octanol–water partition coefficient (Wildman–Crippen LogP) is 5.35. The van der Waals surface area contributed by atoms with Crippen LogP contribution >= 0.6 is 0 Å². The molecule has 2 rings (SSSR count). The Bertz CT molecular complexity index is 1220. The average Bonchev–Trinajstić information content (AvgIpc) is 2.66. The molecule has 10 heteroatoms. The number of carbonyl (C=O) groups is 2. The lowest BCUT2D eigenvalue weighted by atomic mass is 9.59. The molecule has 0 saturated heterocycles. The molecule has 0 bridgehead atoms. The molecular weight excluding hydrogens is 513 g/mol. The summed E-state index contributed by atoms with van der Waals surface area (Å²) in [7, 11) is -4.59. The van der Waals surface area contributed by atoms with E-state index >= 15 is 4.39 Å². The van der Waals surface area contributed by atoms with E-state index in [1.54, 1.807) is 55.4 Å². The Kier molecular flexibility index (Phi) is 8.38. The zero-order valence-electron chi connectivity index (χ0n) is 25.1. The third kappa shape index (κ3) is 6.26. The number of halogens is 1. The molecule has 1 heterocycles. The summed E-state index contributed by atoms with van der Waals surface area (Å²) in [6.45, 7) is 22.2. The fourth-order valence-corrected chi connectivity index (χ4v) is 5.95. The molecule has 0 saturated carbocycles. The molecule has 1 aromatic carbocycles. The van der Waals surface area contributed by atoms with Crippen LogP contribution in [0.3, 0.4) is 0 Å². The van der Waals surface area contributed by atoms with Crippen LogP contribution in [0.25, 0.3) is 0 Å². The summed E-state index contributed by atoms with van der Waals surface area (Å²) in [6, 6.07) is 0. The van der Waals surface area contributed by atoms with Crippen LogP contribution < -0.4 is 9.04 Å². The topological polar surface area (TPSA) is 99.2 Å². The number of hydrogen-bond acceptors (Lipinski definition) is 7. The van der Waals surface area contributed by atoms with Gasteiger partial charge in [-0.2, -0.15) is 0 Å². The minimum Gasteiger partial charge on any atom is -0.487 e. The first-order valence-electron chi connectivity index (χ1n) is 12.8. The number of nitrogens with zero attached hydrogens (tertiary/aromatic N) is 1. The molecule has 0 amide bonds. The van der Waals surface area contributed by atoms with Crippen LogP contribution in [-0.2, 0) is 34.5 Å². The molecule has 1 aliphatic heterocycles. The molecule has 0 aromatic heterocycles. The lowest BCUT2D eigenvalue weighted by Crippen LogP contribution is -2.51. The fourth-order valence-electron chi connectivity index (χ4n) is 4.64. The zero-order valence-corrected chi connectivity index (χ0v) is 25.9. The smallest absolute Gasteiger partial charge is 0.327 e. The van der Waals surface area contributed by atoms with Crippen LogP contribution in [0.1, 0.15) is 92.9 Å². The second-order valence-electron chi connectivity index (χ2n) is 13.2. The predicted molar refractivity (Wildman–Crippen MR) is 146 cm³/mol. The standard InChI is InChI=1S/C28H44FNO7S/c1-16-17(2)23(22(29)24-21(16)28(12,13)27(10,11)18(3)35-24)30(14-19(31)36-25(4,5)6)38(33,34)15-20(32)37-26(7,8)9/h18H,14-15H2,1-13H3. The third-order valence-electron chi connectivity index (χ3n) is 7.47. The molecule has 1 aromatic rings. The van der Waals surface area contributed by atoms with Gasteiger partial charge in [0.1, 0.15) is 23.9 Å². The highest BCUT2D eigenvalue weighted by Crippen LogP contribution is 2.55. The van der Waals surface area contributed by atoms with Crippen LogP contribution in [0.2, 0.25) is 0 Å². The van der Waals surface area contributed by atoms with E-state index in [2.05, 4.69) is 0 Å². The number of esters is 2. The van der Waals surface area contributed by atoms with Gasteiger partial charge < -0.3 is 14.2 Å². The van der Waals surface area contributed by atoms with Crippen molar-refractivity contribution in [3.8, 4) is 5.75 Å². The summed E-state index contributed by atoms with van der Waals surface area (Å²) in [5.74, 6) is -3.96. The third-order valence-corrected chi connectivity index (χ3v) is 9.06. The summed E-state index contributed by atoms with van der Waals surface area (Å²) < 4.78 is 60.9. The molecule has 216 valence electrons. The van der Waals surface area contributed by atoms with Crippen LogP contribution in [0, 0.1) is 25.1 Å². The van der Waals surface area contributed by atoms with Crippen molar-refractivity contribution in [1.82, 2.24) is 0 Å². The highest BCUT2D eigenvalue weighted by molar-refractivity contribution is 7.93. The van der Waals surface area contributed by atoms with Gasteiger partial charge in [-0.25, -0.2) is 12.8 Å². The first kappa shape index (κ1) is 31.9. The van der Waals surface area contributed by atoms with Crippen molar-refractivity contribution in [3.63, 3.8) is 0 Å². The van der Waals surface area contributed by atoms with Gasteiger partial charge in [-0.05, 0) is 73.4 Å². The summed E-state index contributed by atoms with van der Waals surface area (Å²) >= 11 is 0. The second-order valence-corrected chi connectivity index (χ2v) is 15.1. The maximum absolute atomic E-state index is 16.4. The number of anilines is 1. The van der Waals surface area contributed by atoms with Gasteiger partial charge in [0.25, 0.3) is 0 Å². The van der Waals surface area contributed by atoms with Gasteiger partial charge in [0.05, 0.1) is 5.69 Å². The molecule has 0 fully saturated rings. The minimum absolute atomic E-state index is 0.0541. The van der Waals surface area contributed by atoms with Gasteiger partial charge >= 0.3 is 11.9 Å². The number of fused-ring (bicyclic) bond motifs is 1. The van der Waals surface area contributed by atoms with E-state index in [1.807, 2.05) is 34.6 Å². The van der Waals surface area contributed by atoms with Crippen molar-refractivity contribution in [3.05, 3.63) is 22.5 Å². The fraction of sp³-hybridized carbons (Fsp3) is 0.714. The molecule has 38 heavy (non-hydrogen) atoms. The summed E-state index contributed by atoms with van der Waals surface area (Å²) in [5, 5.41) is 0. The Morgan fingerprint density at radius 3 is 1.89 bits per heavy atom. The van der Waals surface area contributed by atoms with E-state index in [9.17, 15) is 18.0 Å². The molecule has 1 unspecified atom stereocenters. The average molecular weight is 558 g/mol. The van der Waals surface area contributed by atoms with E-state index in [-0.39, 0.29) is 16.9 Å². The Hall–Kier alpha value is -2.36. The largest absolute Gasteiger partial charge is 0.487 e. The molecule has 8 nitrogen and oxygen atoms in total. The second kappa shape index (κ2) is 9.99. The first-order chi connectivity index (χ1) is 16.8. The summed E-state index contributed by atoms with van der Waals surface area (Å²) in [4.78, 5) is 25.4. The van der Waals surface area contributed by atoms with Gasteiger partial charge in [0.15, 0.2) is 17.3 Å². The van der Waals surface area contributed by atoms with Crippen molar-refractivity contribution in [2.75, 3.05) is 16.6 Å². The Balaban J connectivity index is 2.79. The lowest BCUT2D eigenvalue weighted by Gasteiger charge is -2.51. The van der Waals surface area contributed by atoms with Crippen LogP contribution in [0.5, 0.6) is 5.75 Å². The van der Waals surface area contributed by atoms with Crippen molar-refractivity contribution < 1.29 is 36.6 Å². The van der Waals surface area contributed by atoms with E-state index in [1.165, 1.54) is 0 Å². The first-order valence-corrected chi connectivity index (χ1v) is 14.4. The van der Waals surface area contributed by atoms with Gasteiger partial charge in [0.2, 0.25) is 10.0 Å². The number of carbonyl (C=O) groups excluding carboxylic acids is 2. The molecular formula is C28H44FNO7S. The molecule has 0 radical (unpaired) electrons. The van der Waals surface area contributed by atoms with Gasteiger partial charge in [-0.3, -0.25) is 13.9 Å². The lowest BCUT2D eigenvalue weighted by molar-refractivity contribution is -0.153. The molecule has 0 spiro atoms. The minimum atomic E-state index is -4.59. The van der Waals surface area contributed by atoms with Gasteiger partial charge in [0, 0.05) is 16.4 Å². The Morgan fingerprint density at radius 2 is 1.42 bits per heavy atom. The molecule has 1 aliphatic rings. The number of sulfonamides is 1. The number of ether oxygens (including phenoxy) is 3. The van der Waals surface area contributed by atoms with Crippen molar-refractivity contribution in [2.24, 2.45) is 5.41 Å². The SMILES string of the molecule is Cc1c(C)c2c(c(F)c1N(CC(=O)OC(C)(C)C)S(=O)(=O)CC(=O)OC(C)(C)C)OC(C)C(C)(C)C2(C)C. The van der Waals surface area contributed by atoms with E-state index in [4.69, 9.17) is 14.2 Å². The molecule has 0 N–H and O–H groups in total. The van der Waals surface area contributed by atoms with Crippen LogP contribution in [-0.4, -0.2) is 50.0 Å². The van der Waals surface area contributed by atoms with Crippen LogP contribution in [0.4, 0.5) is 10.1 Å². The number of rotatable bonds is 6. The van der Waals surface area contributed by atoms with Crippen molar-refractivity contribution in [2.45, 2.75) is 113 Å². The Morgan fingerprint density at radius 1 is 0.947 bits per heavy atom. The van der Waals surface area contributed by atoms with Crippen LogP contribution in [0.15, 0.2) is 0 Å². The summed E-state index contributed by atoms with van der Waals surface area (Å²) in [6.07, 6.45) is -0.396. The normalized spacial score (nSPS) is 18.7. The van der Waals surface area contributed by atoms with E-state index in [0.29, 0.717) is 21.0 Å². The van der Waals surface area contributed by atoms with E-state index < -0.39 is 62.8 Å². The zero-order chi connectivity index (χ0) is 29.8. The number of benzene rings is 1. The van der Waals surface area contributed by atoms with E-state index in [0.717, 1.165) is 0 Å². The molecule has 0 aliphatic carbocycles. The Labute approximate surface area is 227 Å². The van der Waals surface area contributed by atoms with Gasteiger partial charge in [-0.1, -0.05) is 27.7 Å².